The van der Waals surface area contributed by atoms with E-state index in [-0.39, 0.29) is 18.1 Å². The van der Waals surface area contributed by atoms with Gasteiger partial charge in [0.05, 0.1) is 6.61 Å². The molecule has 94 valence electrons. The Balaban J connectivity index is 2.03. The number of ether oxygens (including phenoxy) is 1. The Kier molecular flexibility index (Phi) is 5.77. The van der Waals surface area contributed by atoms with E-state index in [4.69, 9.17) is 10.5 Å². The molecule has 0 spiro atoms. The van der Waals surface area contributed by atoms with Crippen molar-refractivity contribution >= 4 is 5.91 Å². The average molecular weight is 228 g/mol. The molecule has 3 N–H and O–H groups in total. The summed E-state index contributed by atoms with van der Waals surface area (Å²) in [7, 11) is 0. The van der Waals surface area contributed by atoms with Crippen LogP contribution in [-0.2, 0) is 9.53 Å². The lowest BCUT2D eigenvalue weighted by molar-refractivity contribution is -0.126. The smallest absolute Gasteiger partial charge is 0.245 e. The summed E-state index contributed by atoms with van der Waals surface area (Å²) in [6.07, 6.45) is 6.51. The van der Waals surface area contributed by atoms with E-state index in [2.05, 4.69) is 12.2 Å². The Morgan fingerprint density at radius 2 is 2.12 bits per heavy atom. The predicted molar refractivity (Wildman–Crippen MR) is 64.1 cm³/mol. The van der Waals surface area contributed by atoms with Crippen LogP contribution in [0.1, 0.15) is 45.4 Å². The second-order valence-electron chi connectivity index (χ2n) is 4.77. The molecule has 1 fully saturated rings. The maximum atomic E-state index is 11.3. The summed E-state index contributed by atoms with van der Waals surface area (Å²) in [6, 6.07) is 0. The van der Waals surface area contributed by atoms with Crippen molar-refractivity contribution in [2.45, 2.75) is 51.0 Å². The highest BCUT2D eigenvalue weighted by molar-refractivity contribution is 5.77. The number of hydrogen-bond acceptors (Lipinski definition) is 3. The molecule has 0 saturated heterocycles. The third kappa shape index (κ3) is 4.94. The summed E-state index contributed by atoms with van der Waals surface area (Å²) in [4.78, 5) is 11.3. The van der Waals surface area contributed by atoms with Crippen molar-refractivity contribution in [3.8, 4) is 0 Å². The third-order valence-corrected chi connectivity index (χ3v) is 3.07. The van der Waals surface area contributed by atoms with Gasteiger partial charge in [0, 0.05) is 12.1 Å². The number of nitrogens with one attached hydrogen (secondary N) is 1. The third-order valence-electron chi connectivity index (χ3n) is 3.07. The van der Waals surface area contributed by atoms with Crippen LogP contribution in [0.15, 0.2) is 0 Å². The molecule has 1 saturated carbocycles. The van der Waals surface area contributed by atoms with E-state index in [1.54, 1.807) is 0 Å². The van der Waals surface area contributed by atoms with Crippen molar-refractivity contribution in [3.05, 3.63) is 0 Å². The van der Waals surface area contributed by atoms with Gasteiger partial charge in [-0.25, -0.2) is 0 Å². The Labute approximate surface area is 97.9 Å². The highest BCUT2D eigenvalue weighted by atomic mass is 16.5. The van der Waals surface area contributed by atoms with Crippen LogP contribution in [0.4, 0.5) is 0 Å². The Morgan fingerprint density at radius 3 is 2.75 bits per heavy atom. The molecule has 1 amide bonds. The standard InChI is InChI=1S/C12H24N2O2/c1-2-3-8-14-11(15)9-16-10-12(13)6-4-5-7-12/h2-10,13H2,1H3,(H,14,15). The number of carbonyl (C=O) groups is 1. The number of unbranched alkanes of at least 4 members (excludes halogenated alkanes) is 1. The average Bonchev–Trinajstić information content (AvgIpc) is 2.66. The van der Waals surface area contributed by atoms with Crippen molar-refractivity contribution in [3.63, 3.8) is 0 Å². The van der Waals surface area contributed by atoms with Crippen LogP contribution in [0.2, 0.25) is 0 Å². The molecule has 4 heteroatoms. The minimum Gasteiger partial charge on any atom is -0.370 e. The highest BCUT2D eigenvalue weighted by Gasteiger charge is 2.29. The van der Waals surface area contributed by atoms with Crippen LogP contribution in [0, 0.1) is 0 Å². The fourth-order valence-electron chi connectivity index (χ4n) is 2.03. The lowest BCUT2D eigenvalue weighted by Gasteiger charge is -2.22. The molecule has 4 nitrogen and oxygen atoms in total. The first kappa shape index (κ1) is 13.5. The predicted octanol–water partition coefficient (Wildman–Crippen LogP) is 1.19. The van der Waals surface area contributed by atoms with Crippen LogP contribution < -0.4 is 11.1 Å². The van der Waals surface area contributed by atoms with Gasteiger partial charge in [0.15, 0.2) is 0 Å². The van der Waals surface area contributed by atoms with Crippen molar-refractivity contribution < 1.29 is 9.53 Å². The van der Waals surface area contributed by atoms with Crippen molar-refractivity contribution in [1.82, 2.24) is 5.32 Å². The molecule has 16 heavy (non-hydrogen) atoms. The number of rotatable bonds is 7. The van der Waals surface area contributed by atoms with E-state index in [1.807, 2.05) is 0 Å². The van der Waals surface area contributed by atoms with Gasteiger partial charge in [-0.3, -0.25) is 4.79 Å². The van der Waals surface area contributed by atoms with E-state index < -0.39 is 0 Å². The fraction of sp³-hybridized carbons (Fsp3) is 0.917. The lowest BCUT2D eigenvalue weighted by Crippen LogP contribution is -2.42. The molecule has 0 bridgehead atoms. The van der Waals surface area contributed by atoms with E-state index in [9.17, 15) is 4.79 Å². The van der Waals surface area contributed by atoms with E-state index in [0.29, 0.717) is 6.61 Å². The quantitative estimate of drug-likeness (QED) is 0.643. The normalized spacial score (nSPS) is 18.6. The lowest BCUT2D eigenvalue weighted by atomic mass is 10.0. The summed E-state index contributed by atoms with van der Waals surface area (Å²) in [5.41, 5.74) is 5.93. The van der Waals surface area contributed by atoms with Crippen LogP contribution in [0.3, 0.4) is 0 Å². The van der Waals surface area contributed by atoms with Gasteiger partial charge < -0.3 is 15.8 Å². The molecule has 0 heterocycles. The summed E-state index contributed by atoms with van der Waals surface area (Å²) in [5, 5.41) is 2.82. The monoisotopic (exact) mass is 228 g/mol. The fourth-order valence-corrected chi connectivity index (χ4v) is 2.03. The van der Waals surface area contributed by atoms with E-state index in [0.717, 1.165) is 32.2 Å². The Bertz CT molecular complexity index is 213. The topological polar surface area (TPSA) is 64.3 Å². The maximum Gasteiger partial charge on any atom is 0.245 e. The molecule has 1 rings (SSSR count). The Hall–Kier alpha value is -0.610. The largest absolute Gasteiger partial charge is 0.370 e. The minimum absolute atomic E-state index is 0.0324. The van der Waals surface area contributed by atoms with E-state index >= 15 is 0 Å². The minimum atomic E-state index is -0.177. The van der Waals surface area contributed by atoms with Crippen molar-refractivity contribution in [1.29, 1.82) is 0 Å². The van der Waals surface area contributed by atoms with Gasteiger partial charge in [0.25, 0.3) is 0 Å². The van der Waals surface area contributed by atoms with Gasteiger partial charge in [-0.05, 0) is 19.3 Å². The van der Waals surface area contributed by atoms with Gasteiger partial charge in [-0.1, -0.05) is 26.2 Å². The number of nitrogens with two attached hydrogens (primary N) is 1. The van der Waals surface area contributed by atoms with E-state index in [1.165, 1.54) is 12.8 Å². The first-order valence-electron chi connectivity index (χ1n) is 6.30. The molecule has 0 aromatic rings. The van der Waals surface area contributed by atoms with Gasteiger partial charge in [-0.15, -0.1) is 0 Å². The second-order valence-corrected chi connectivity index (χ2v) is 4.77. The van der Waals surface area contributed by atoms with Crippen LogP contribution in [0.25, 0.3) is 0 Å². The first-order valence-corrected chi connectivity index (χ1v) is 6.30. The van der Waals surface area contributed by atoms with Gasteiger partial charge in [-0.2, -0.15) is 0 Å². The SMILES string of the molecule is CCCCNC(=O)COCC1(N)CCCC1. The zero-order chi connectivity index (χ0) is 11.9. The van der Waals surface area contributed by atoms with Crippen LogP contribution in [0.5, 0.6) is 0 Å². The molecule has 0 atom stereocenters. The second kappa shape index (κ2) is 6.86. The highest BCUT2D eigenvalue weighted by Crippen LogP contribution is 2.27. The molecular weight excluding hydrogens is 204 g/mol. The molecular formula is C12H24N2O2. The number of amides is 1. The Morgan fingerprint density at radius 1 is 1.44 bits per heavy atom. The summed E-state index contributed by atoms with van der Waals surface area (Å²) in [6.45, 7) is 3.49. The molecule has 0 radical (unpaired) electrons. The molecule has 0 aromatic carbocycles. The first-order chi connectivity index (χ1) is 7.66. The molecule has 1 aliphatic rings. The molecule has 0 aliphatic heterocycles. The zero-order valence-corrected chi connectivity index (χ0v) is 10.3. The van der Waals surface area contributed by atoms with Crippen molar-refractivity contribution in [2.75, 3.05) is 19.8 Å². The zero-order valence-electron chi connectivity index (χ0n) is 10.3. The van der Waals surface area contributed by atoms with Gasteiger partial charge in [0.2, 0.25) is 5.91 Å². The van der Waals surface area contributed by atoms with Crippen LogP contribution in [-0.4, -0.2) is 31.2 Å². The van der Waals surface area contributed by atoms with Crippen LogP contribution >= 0.6 is 0 Å². The number of hydrogen-bond donors (Lipinski definition) is 2. The number of carbonyl (C=O) groups excluding carboxylic acids is 1. The summed E-state index contributed by atoms with van der Waals surface area (Å²) < 4.78 is 5.38. The summed E-state index contributed by atoms with van der Waals surface area (Å²) >= 11 is 0. The van der Waals surface area contributed by atoms with Gasteiger partial charge >= 0.3 is 0 Å². The molecule has 0 aromatic heterocycles. The van der Waals surface area contributed by atoms with Gasteiger partial charge in [0.1, 0.15) is 6.61 Å². The summed E-state index contributed by atoms with van der Waals surface area (Å²) in [5.74, 6) is -0.0324. The maximum absolute atomic E-state index is 11.3. The van der Waals surface area contributed by atoms with Crippen molar-refractivity contribution in [2.24, 2.45) is 5.73 Å². The molecule has 0 unspecified atom stereocenters. The molecule has 1 aliphatic carbocycles.